The zero-order valence-electron chi connectivity index (χ0n) is 17.7. The van der Waals surface area contributed by atoms with E-state index in [0.717, 1.165) is 48.8 Å². The lowest BCUT2D eigenvalue weighted by Crippen LogP contribution is -2.09. The molecule has 0 unspecified atom stereocenters. The molecule has 8 rings (SSSR count). The van der Waals surface area contributed by atoms with E-state index in [-0.39, 0.29) is 5.78 Å². The number of rotatable bonds is 4. The Kier molecular flexibility index (Phi) is 5.50. The van der Waals surface area contributed by atoms with Crippen LogP contribution >= 0.6 is 0 Å². The highest BCUT2D eigenvalue weighted by molar-refractivity contribution is 6.10. The molecule has 0 heterocycles. The molecular weight excluding hydrogens is 376 g/mol. The summed E-state index contributed by atoms with van der Waals surface area (Å²) >= 11 is 0. The summed E-state index contributed by atoms with van der Waals surface area (Å²) in [6.07, 6.45) is 4.70. The molecule has 0 saturated carbocycles. The van der Waals surface area contributed by atoms with Gasteiger partial charge in [0, 0.05) is 11.1 Å². The number of aryl methyl sites for hydroxylation is 4. The van der Waals surface area contributed by atoms with Gasteiger partial charge in [0.2, 0.25) is 0 Å². The van der Waals surface area contributed by atoms with Crippen LogP contribution in [-0.2, 0) is 32.1 Å². The fourth-order valence-corrected chi connectivity index (χ4v) is 4.57. The van der Waals surface area contributed by atoms with Crippen molar-refractivity contribution in [2.45, 2.75) is 32.1 Å². The molecule has 4 aliphatic rings. The molecule has 0 spiro atoms. The third-order valence-corrected chi connectivity index (χ3v) is 6.33. The van der Waals surface area contributed by atoms with Crippen molar-refractivity contribution < 1.29 is 4.79 Å². The monoisotopic (exact) mass is 402 g/mol. The molecule has 0 atom stereocenters. The van der Waals surface area contributed by atoms with E-state index in [9.17, 15) is 4.79 Å². The van der Waals surface area contributed by atoms with Gasteiger partial charge in [-0.05, 0) is 71.6 Å². The van der Waals surface area contributed by atoms with Crippen molar-refractivity contribution in [2.24, 2.45) is 0 Å². The van der Waals surface area contributed by atoms with Gasteiger partial charge < -0.3 is 0 Å². The maximum absolute atomic E-state index is 13.3. The Morgan fingerprint density at radius 2 is 1.23 bits per heavy atom. The van der Waals surface area contributed by atoms with E-state index in [4.69, 9.17) is 0 Å². The predicted octanol–water partition coefficient (Wildman–Crippen LogP) is 6.39. The van der Waals surface area contributed by atoms with Crippen molar-refractivity contribution in [1.82, 2.24) is 0 Å². The first-order valence-electron chi connectivity index (χ1n) is 11.1. The highest BCUT2D eigenvalue weighted by Gasteiger charge is 2.16. The Bertz CT molecular complexity index is 1210. The van der Waals surface area contributed by atoms with Crippen LogP contribution in [-0.4, -0.2) is 5.78 Å². The fraction of sp³-hybridized carbons (Fsp3) is 0.167. The number of ketones is 1. The molecule has 0 fully saturated rings. The summed E-state index contributed by atoms with van der Waals surface area (Å²) in [6, 6.07) is 33.9. The Balaban J connectivity index is 1.50. The number of hydrogen-bond acceptors (Lipinski definition) is 1. The predicted molar refractivity (Wildman–Crippen MR) is 127 cm³/mol. The summed E-state index contributed by atoms with van der Waals surface area (Å²) in [4.78, 5) is 13.3. The lowest BCUT2D eigenvalue weighted by molar-refractivity contribution is 0.103. The highest BCUT2D eigenvalue weighted by atomic mass is 16.1. The van der Waals surface area contributed by atoms with Crippen molar-refractivity contribution in [3.63, 3.8) is 0 Å². The molecule has 0 N–H and O–H groups in total. The Labute approximate surface area is 184 Å². The average Bonchev–Trinajstić information content (AvgIpc) is 2.82. The maximum atomic E-state index is 13.3. The van der Waals surface area contributed by atoms with Crippen molar-refractivity contribution in [1.29, 1.82) is 0 Å². The lowest BCUT2D eigenvalue weighted by atomic mass is 9.87. The summed E-state index contributed by atoms with van der Waals surface area (Å²) in [6.45, 7) is 0. The van der Waals surface area contributed by atoms with Crippen LogP contribution in [0.4, 0.5) is 0 Å². The molecule has 0 radical (unpaired) electrons. The highest BCUT2D eigenvalue weighted by Crippen LogP contribution is 2.25. The normalized spacial score (nSPS) is 12.9. The standard InChI is InChI=1S/C30H26O/c31-30(27-9-5-2-6-10-27)29-21-24-12-11-23-13-15-25(17-18-26(29)16-14-24)28(20-23)19-22-7-3-1-4-8-22/h1-10,13-16,20-21H,11-12,17-19H2. The van der Waals surface area contributed by atoms with Crippen LogP contribution < -0.4 is 0 Å². The van der Waals surface area contributed by atoms with Gasteiger partial charge in [0.1, 0.15) is 0 Å². The van der Waals surface area contributed by atoms with Crippen LogP contribution in [0.25, 0.3) is 0 Å². The van der Waals surface area contributed by atoms with E-state index >= 15 is 0 Å². The van der Waals surface area contributed by atoms with Gasteiger partial charge >= 0.3 is 0 Å². The summed E-state index contributed by atoms with van der Waals surface area (Å²) in [7, 11) is 0. The van der Waals surface area contributed by atoms with E-state index in [1.807, 2.05) is 30.3 Å². The molecule has 4 aliphatic carbocycles. The average molecular weight is 403 g/mol. The second-order valence-electron chi connectivity index (χ2n) is 8.45. The fourth-order valence-electron chi connectivity index (χ4n) is 4.57. The maximum Gasteiger partial charge on any atom is 0.193 e. The second-order valence-corrected chi connectivity index (χ2v) is 8.45. The van der Waals surface area contributed by atoms with Gasteiger partial charge in [-0.15, -0.1) is 0 Å². The summed E-state index contributed by atoms with van der Waals surface area (Å²) in [5.41, 5.74) is 9.52. The summed E-state index contributed by atoms with van der Waals surface area (Å²) < 4.78 is 0. The third-order valence-electron chi connectivity index (χ3n) is 6.33. The first-order valence-corrected chi connectivity index (χ1v) is 11.1. The number of carbonyl (C=O) groups is 1. The summed E-state index contributed by atoms with van der Waals surface area (Å²) in [5.74, 6) is 0.132. The molecule has 152 valence electrons. The van der Waals surface area contributed by atoms with Crippen LogP contribution in [0.15, 0.2) is 97.1 Å². The van der Waals surface area contributed by atoms with Crippen molar-refractivity contribution >= 4 is 5.78 Å². The molecule has 0 amide bonds. The number of carbonyl (C=O) groups excluding carboxylic acids is 1. The Morgan fingerprint density at radius 3 is 1.97 bits per heavy atom. The van der Waals surface area contributed by atoms with E-state index in [1.54, 1.807) is 0 Å². The molecule has 0 aromatic heterocycles. The van der Waals surface area contributed by atoms with E-state index < -0.39 is 0 Å². The van der Waals surface area contributed by atoms with Crippen molar-refractivity contribution in [2.75, 3.05) is 0 Å². The quantitative estimate of drug-likeness (QED) is 0.361. The lowest BCUT2D eigenvalue weighted by Gasteiger charge is -2.17. The summed E-state index contributed by atoms with van der Waals surface area (Å²) in [5, 5.41) is 0. The van der Waals surface area contributed by atoms with Crippen LogP contribution in [0.5, 0.6) is 0 Å². The molecule has 4 bridgehead atoms. The number of hydrogen-bond donors (Lipinski definition) is 0. The third kappa shape index (κ3) is 4.36. The molecule has 31 heavy (non-hydrogen) atoms. The largest absolute Gasteiger partial charge is 0.289 e. The van der Waals surface area contributed by atoms with Crippen LogP contribution in [0.1, 0.15) is 49.3 Å². The van der Waals surface area contributed by atoms with E-state index in [1.165, 1.54) is 27.8 Å². The molecule has 4 aromatic carbocycles. The molecule has 1 nitrogen and oxygen atoms in total. The van der Waals surface area contributed by atoms with E-state index in [2.05, 4.69) is 66.7 Å². The van der Waals surface area contributed by atoms with Gasteiger partial charge in [-0.25, -0.2) is 0 Å². The number of benzene rings is 4. The minimum atomic E-state index is 0.132. The zero-order chi connectivity index (χ0) is 21.0. The molecule has 0 saturated heterocycles. The Hall–Kier alpha value is -3.45. The molecular formula is C30H26O. The van der Waals surface area contributed by atoms with Crippen molar-refractivity contribution in [3.05, 3.63) is 142 Å². The first-order chi connectivity index (χ1) is 15.3. The van der Waals surface area contributed by atoms with Gasteiger partial charge in [0.15, 0.2) is 5.78 Å². The SMILES string of the molecule is O=C(c1ccccc1)c1cc2ccc1CCc1ccc(cc1Cc1ccccc1)CC2. The van der Waals surface area contributed by atoms with Gasteiger partial charge in [-0.3, -0.25) is 4.79 Å². The zero-order valence-corrected chi connectivity index (χ0v) is 17.7. The van der Waals surface area contributed by atoms with Crippen molar-refractivity contribution in [3.8, 4) is 0 Å². The topological polar surface area (TPSA) is 17.1 Å². The van der Waals surface area contributed by atoms with Crippen LogP contribution in [0.3, 0.4) is 0 Å². The van der Waals surface area contributed by atoms with Gasteiger partial charge in [-0.2, -0.15) is 0 Å². The second kappa shape index (κ2) is 8.73. The first kappa shape index (κ1) is 19.5. The smallest absolute Gasteiger partial charge is 0.193 e. The minimum absolute atomic E-state index is 0.132. The molecule has 4 aromatic rings. The van der Waals surface area contributed by atoms with Gasteiger partial charge in [-0.1, -0.05) is 91.0 Å². The molecule has 1 heteroatoms. The Morgan fingerprint density at radius 1 is 0.613 bits per heavy atom. The van der Waals surface area contributed by atoms with Crippen LogP contribution in [0, 0.1) is 0 Å². The van der Waals surface area contributed by atoms with E-state index in [0.29, 0.717) is 0 Å². The molecule has 0 aliphatic heterocycles. The van der Waals surface area contributed by atoms with Gasteiger partial charge in [0.05, 0.1) is 0 Å². The minimum Gasteiger partial charge on any atom is -0.289 e. The van der Waals surface area contributed by atoms with Gasteiger partial charge in [0.25, 0.3) is 0 Å². The van der Waals surface area contributed by atoms with Crippen LogP contribution in [0.2, 0.25) is 0 Å².